The predicted molar refractivity (Wildman–Crippen MR) is 122 cm³/mol. The van der Waals surface area contributed by atoms with Crippen molar-refractivity contribution in [3.63, 3.8) is 0 Å². The third kappa shape index (κ3) is 6.45. The number of anilines is 2. The summed E-state index contributed by atoms with van der Waals surface area (Å²) in [5, 5.41) is 10.9. The molecule has 0 aliphatic carbocycles. The number of rotatable bonds is 7. The first kappa shape index (κ1) is 22.6. The minimum Gasteiger partial charge on any atom is -0.357 e. The largest absolute Gasteiger partial charge is 0.357 e. The van der Waals surface area contributed by atoms with Crippen LogP contribution in [0, 0.1) is 0 Å². The van der Waals surface area contributed by atoms with Gasteiger partial charge < -0.3 is 20.4 Å². The van der Waals surface area contributed by atoms with E-state index < -0.39 is 0 Å². The number of piperazine rings is 1. The monoisotopic (exact) mass is 445 g/mol. The van der Waals surface area contributed by atoms with Gasteiger partial charge in [0.2, 0.25) is 11.8 Å². The van der Waals surface area contributed by atoms with Crippen molar-refractivity contribution in [2.24, 2.45) is 12.0 Å². The Hall–Kier alpha value is -3.07. The van der Waals surface area contributed by atoms with Crippen molar-refractivity contribution < 1.29 is 9.59 Å². The van der Waals surface area contributed by atoms with Gasteiger partial charge in [-0.1, -0.05) is 11.6 Å². The standard InChI is InChI=1S/C21H28ClN7O2/c1-3-23-21(24-10-4-5-19(30)26-17-8-6-16(22)7-9-17)28-11-12-29(20(31)15-28)18-13-25-27(2)14-18/h6-9,13-14H,3-5,10-12,15H2,1-2H3,(H,23,24)(H,26,30). The molecule has 3 rings (SSSR count). The van der Waals surface area contributed by atoms with Gasteiger partial charge >= 0.3 is 0 Å². The molecule has 1 aliphatic heterocycles. The molecule has 0 spiro atoms. The molecule has 10 heteroatoms. The number of aromatic nitrogens is 2. The highest BCUT2D eigenvalue weighted by Gasteiger charge is 2.27. The summed E-state index contributed by atoms with van der Waals surface area (Å²) in [5.74, 6) is 0.634. The number of benzene rings is 1. The predicted octanol–water partition coefficient (Wildman–Crippen LogP) is 2.11. The van der Waals surface area contributed by atoms with E-state index in [9.17, 15) is 9.59 Å². The van der Waals surface area contributed by atoms with Crippen LogP contribution >= 0.6 is 11.6 Å². The fourth-order valence-corrected chi connectivity index (χ4v) is 3.41. The molecule has 2 amide bonds. The zero-order valence-corrected chi connectivity index (χ0v) is 18.6. The van der Waals surface area contributed by atoms with E-state index in [1.807, 2.05) is 25.1 Å². The van der Waals surface area contributed by atoms with Gasteiger partial charge in [0.25, 0.3) is 0 Å². The van der Waals surface area contributed by atoms with Crippen LogP contribution in [0.25, 0.3) is 0 Å². The van der Waals surface area contributed by atoms with E-state index in [0.717, 1.165) is 11.4 Å². The maximum absolute atomic E-state index is 12.6. The lowest BCUT2D eigenvalue weighted by Crippen LogP contribution is -2.55. The Morgan fingerprint density at radius 3 is 2.68 bits per heavy atom. The number of hydrogen-bond acceptors (Lipinski definition) is 4. The van der Waals surface area contributed by atoms with Gasteiger partial charge in [-0.3, -0.25) is 19.3 Å². The van der Waals surface area contributed by atoms with Gasteiger partial charge in [-0.2, -0.15) is 5.10 Å². The van der Waals surface area contributed by atoms with Gasteiger partial charge in [-0.25, -0.2) is 0 Å². The number of carbonyl (C=O) groups is 2. The fourth-order valence-electron chi connectivity index (χ4n) is 3.28. The molecule has 1 aromatic heterocycles. The van der Waals surface area contributed by atoms with Crippen LogP contribution in [0.3, 0.4) is 0 Å². The molecule has 0 atom stereocenters. The van der Waals surface area contributed by atoms with Gasteiger partial charge in [0.1, 0.15) is 6.54 Å². The number of guanidine groups is 1. The van der Waals surface area contributed by atoms with Crippen molar-refractivity contribution >= 4 is 40.7 Å². The fraction of sp³-hybridized carbons (Fsp3) is 0.429. The molecule has 9 nitrogen and oxygen atoms in total. The second kappa shape index (κ2) is 10.8. The van der Waals surface area contributed by atoms with Crippen LogP contribution in [0.5, 0.6) is 0 Å². The average molecular weight is 446 g/mol. The Morgan fingerprint density at radius 1 is 1.26 bits per heavy atom. The molecule has 0 radical (unpaired) electrons. The smallest absolute Gasteiger partial charge is 0.246 e. The summed E-state index contributed by atoms with van der Waals surface area (Å²) < 4.78 is 1.68. The third-order valence-corrected chi connectivity index (χ3v) is 5.06. The van der Waals surface area contributed by atoms with Crippen molar-refractivity contribution in [2.75, 3.05) is 42.9 Å². The summed E-state index contributed by atoms with van der Waals surface area (Å²) in [4.78, 5) is 33.1. The molecule has 2 aromatic rings. The number of halogens is 1. The minimum atomic E-state index is -0.0669. The summed E-state index contributed by atoms with van der Waals surface area (Å²) in [5.41, 5.74) is 1.53. The number of carbonyl (C=O) groups excluding carboxylic acids is 2. The van der Waals surface area contributed by atoms with E-state index in [2.05, 4.69) is 20.7 Å². The van der Waals surface area contributed by atoms with Crippen molar-refractivity contribution in [1.82, 2.24) is 20.0 Å². The van der Waals surface area contributed by atoms with E-state index in [0.29, 0.717) is 50.0 Å². The minimum absolute atomic E-state index is 0.00666. The van der Waals surface area contributed by atoms with Crippen LogP contribution in [0.4, 0.5) is 11.4 Å². The zero-order chi connectivity index (χ0) is 22.2. The van der Waals surface area contributed by atoms with Gasteiger partial charge in [0, 0.05) is 56.6 Å². The van der Waals surface area contributed by atoms with Crippen molar-refractivity contribution in [2.45, 2.75) is 19.8 Å². The van der Waals surface area contributed by atoms with Crippen molar-refractivity contribution in [3.8, 4) is 0 Å². The van der Waals surface area contributed by atoms with Gasteiger partial charge in [0.15, 0.2) is 5.96 Å². The lowest BCUT2D eigenvalue weighted by molar-refractivity contribution is -0.120. The topological polar surface area (TPSA) is 94.9 Å². The summed E-state index contributed by atoms with van der Waals surface area (Å²) in [6, 6.07) is 7.01. The summed E-state index contributed by atoms with van der Waals surface area (Å²) >= 11 is 5.85. The van der Waals surface area contributed by atoms with Crippen LogP contribution in [-0.2, 0) is 16.6 Å². The normalized spacial score (nSPS) is 14.7. The maximum Gasteiger partial charge on any atom is 0.246 e. The Morgan fingerprint density at radius 2 is 2.03 bits per heavy atom. The van der Waals surface area contributed by atoms with E-state index in [-0.39, 0.29) is 18.4 Å². The first-order chi connectivity index (χ1) is 15.0. The van der Waals surface area contributed by atoms with Gasteiger partial charge in [-0.15, -0.1) is 0 Å². The molecular weight excluding hydrogens is 418 g/mol. The number of aryl methyl sites for hydroxylation is 1. The highest BCUT2D eigenvalue weighted by atomic mass is 35.5. The second-order valence-electron chi connectivity index (χ2n) is 7.23. The number of nitrogens with one attached hydrogen (secondary N) is 2. The Bertz CT molecular complexity index is 926. The quantitative estimate of drug-likeness (QED) is 0.386. The molecule has 1 fully saturated rings. The SMILES string of the molecule is CCNC(=NCCCC(=O)Nc1ccc(Cl)cc1)N1CCN(c2cnn(C)c2)C(=O)C1. The third-order valence-electron chi connectivity index (χ3n) is 4.81. The van der Waals surface area contributed by atoms with Gasteiger partial charge in [-0.05, 0) is 37.6 Å². The average Bonchev–Trinajstić information content (AvgIpc) is 3.18. The Labute approximate surface area is 187 Å². The lowest BCUT2D eigenvalue weighted by atomic mass is 10.2. The maximum atomic E-state index is 12.6. The first-order valence-electron chi connectivity index (χ1n) is 10.3. The molecule has 0 bridgehead atoms. The summed E-state index contributed by atoms with van der Waals surface area (Å²) in [6.07, 6.45) is 4.50. The Kier molecular flexibility index (Phi) is 7.88. The van der Waals surface area contributed by atoms with E-state index in [1.165, 1.54) is 0 Å². The van der Waals surface area contributed by atoms with Crippen LogP contribution in [0.1, 0.15) is 19.8 Å². The Balaban J connectivity index is 1.49. The molecule has 166 valence electrons. The van der Waals surface area contributed by atoms with Crippen LogP contribution in [-0.4, -0.2) is 65.2 Å². The molecular formula is C21H28ClN7O2. The van der Waals surface area contributed by atoms with Crippen molar-refractivity contribution in [3.05, 3.63) is 41.7 Å². The molecule has 1 aliphatic rings. The molecule has 2 heterocycles. The van der Waals surface area contributed by atoms with E-state index >= 15 is 0 Å². The zero-order valence-electron chi connectivity index (χ0n) is 17.8. The molecule has 1 aromatic carbocycles. The molecule has 0 saturated carbocycles. The van der Waals surface area contributed by atoms with E-state index in [4.69, 9.17) is 11.6 Å². The summed E-state index contributed by atoms with van der Waals surface area (Å²) in [6.45, 7) is 4.67. The molecule has 31 heavy (non-hydrogen) atoms. The highest BCUT2D eigenvalue weighted by Crippen LogP contribution is 2.16. The first-order valence-corrected chi connectivity index (χ1v) is 10.7. The highest BCUT2D eigenvalue weighted by molar-refractivity contribution is 6.30. The number of amides is 2. The molecule has 1 saturated heterocycles. The molecule has 2 N–H and O–H groups in total. The summed E-state index contributed by atoms with van der Waals surface area (Å²) in [7, 11) is 1.83. The lowest BCUT2D eigenvalue weighted by Gasteiger charge is -2.35. The number of aliphatic imine (C=N–C) groups is 1. The van der Waals surface area contributed by atoms with Crippen molar-refractivity contribution in [1.29, 1.82) is 0 Å². The van der Waals surface area contributed by atoms with Crippen LogP contribution in [0.2, 0.25) is 5.02 Å². The van der Waals surface area contributed by atoms with Crippen LogP contribution in [0.15, 0.2) is 41.7 Å². The number of hydrogen-bond donors (Lipinski definition) is 2. The van der Waals surface area contributed by atoms with Crippen LogP contribution < -0.4 is 15.5 Å². The van der Waals surface area contributed by atoms with Gasteiger partial charge in [0.05, 0.1) is 11.9 Å². The second-order valence-corrected chi connectivity index (χ2v) is 7.67. The van der Waals surface area contributed by atoms with E-state index in [1.54, 1.807) is 40.0 Å². The number of nitrogens with zero attached hydrogens (tertiary/aromatic N) is 5. The molecule has 0 unspecified atom stereocenters.